The molecule has 3 rings (SSSR count). The summed E-state index contributed by atoms with van der Waals surface area (Å²) in [5, 5.41) is 6.40. The number of hydrogen-bond donors (Lipinski definition) is 4. The van der Waals surface area contributed by atoms with Crippen molar-refractivity contribution >= 4 is 24.2 Å². The number of rotatable bonds is 9. The van der Waals surface area contributed by atoms with E-state index in [4.69, 9.17) is 15.5 Å². The first-order valence-corrected chi connectivity index (χ1v) is 11.3. The highest BCUT2D eigenvalue weighted by Crippen LogP contribution is 2.28. The van der Waals surface area contributed by atoms with Crippen molar-refractivity contribution in [2.75, 3.05) is 17.6 Å². The Labute approximate surface area is 184 Å². The number of ether oxygens (including phenoxy) is 1. The molecule has 1 fully saturated rings. The third-order valence-electron chi connectivity index (χ3n) is 5.33. The predicted molar refractivity (Wildman–Crippen MR) is 125 cm³/mol. The second-order valence-corrected chi connectivity index (χ2v) is 8.21. The van der Waals surface area contributed by atoms with Gasteiger partial charge in [-0.15, -0.1) is 0 Å². The van der Waals surface area contributed by atoms with Gasteiger partial charge < -0.3 is 21.1 Å². The van der Waals surface area contributed by atoms with Gasteiger partial charge >= 0.3 is 0 Å². The van der Waals surface area contributed by atoms with Crippen LogP contribution in [0.5, 0.6) is 5.88 Å². The van der Waals surface area contributed by atoms with Gasteiger partial charge in [0.1, 0.15) is 0 Å². The van der Waals surface area contributed by atoms with Crippen molar-refractivity contribution in [3.63, 3.8) is 0 Å². The van der Waals surface area contributed by atoms with Crippen molar-refractivity contribution in [1.29, 1.82) is 0 Å². The third kappa shape index (κ3) is 6.37. The van der Waals surface area contributed by atoms with Crippen LogP contribution in [0.15, 0.2) is 42.5 Å². The third-order valence-corrected chi connectivity index (χ3v) is 5.80. The van der Waals surface area contributed by atoms with Crippen LogP contribution in [0.25, 0.3) is 11.3 Å². The number of nitrogens with zero attached hydrogens (tertiary/aromatic N) is 1. The van der Waals surface area contributed by atoms with Crippen LogP contribution in [-0.2, 0) is 4.79 Å². The topological polar surface area (TPSA) is 89.3 Å². The van der Waals surface area contributed by atoms with E-state index in [1.807, 2.05) is 42.5 Å². The maximum absolute atomic E-state index is 12.7. The minimum absolute atomic E-state index is 0.0954. The lowest BCUT2D eigenvalue weighted by molar-refractivity contribution is -0.128. The molecule has 6 nitrogen and oxygen atoms in total. The van der Waals surface area contributed by atoms with Gasteiger partial charge in [0.15, 0.2) is 6.10 Å². The molecular formula is C23H32N4O2S. The summed E-state index contributed by atoms with van der Waals surface area (Å²) in [7, 11) is 0. The minimum atomic E-state index is -0.649. The van der Waals surface area contributed by atoms with Crippen LogP contribution in [0, 0.1) is 0 Å². The SMILES string of the molecule is C[C@@H](Oc1nc(-c2ccccc2)ccc1NCC(N)CS)C(=O)NC1CCCCC1. The molecule has 0 radical (unpaired) electrons. The Kier molecular flexibility index (Phi) is 8.39. The first kappa shape index (κ1) is 22.4. The number of amides is 1. The van der Waals surface area contributed by atoms with Gasteiger partial charge in [0.2, 0.25) is 5.88 Å². The van der Waals surface area contributed by atoms with E-state index in [1.54, 1.807) is 6.92 Å². The van der Waals surface area contributed by atoms with E-state index in [-0.39, 0.29) is 18.0 Å². The van der Waals surface area contributed by atoms with Gasteiger partial charge in [-0.1, -0.05) is 49.6 Å². The van der Waals surface area contributed by atoms with Crippen molar-refractivity contribution < 1.29 is 9.53 Å². The number of anilines is 1. The number of benzene rings is 1. The van der Waals surface area contributed by atoms with Crippen molar-refractivity contribution in [3.8, 4) is 17.1 Å². The Bertz CT molecular complexity index is 812. The number of thiol groups is 1. The highest BCUT2D eigenvalue weighted by molar-refractivity contribution is 7.80. The molecule has 1 heterocycles. The molecule has 162 valence electrons. The van der Waals surface area contributed by atoms with Crippen molar-refractivity contribution in [3.05, 3.63) is 42.5 Å². The Morgan fingerprint density at radius 1 is 1.20 bits per heavy atom. The van der Waals surface area contributed by atoms with Gasteiger partial charge in [-0.2, -0.15) is 12.6 Å². The summed E-state index contributed by atoms with van der Waals surface area (Å²) in [4.78, 5) is 17.4. The monoisotopic (exact) mass is 428 g/mol. The number of hydrogen-bond acceptors (Lipinski definition) is 6. The smallest absolute Gasteiger partial charge is 0.261 e. The molecule has 1 aromatic heterocycles. The Morgan fingerprint density at radius 2 is 1.93 bits per heavy atom. The highest BCUT2D eigenvalue weighted by atomic mass is 32.1. The summed E-state index contributed by atoms with van der Waals surface area (Å²) in [6, 6.07) is 13.9. The van der Waals surface area contributed by atoms with Crippen LogP contribution in [0.1, 0.15) is 39.0 Å². The Hall–Kier alpha value is -2.25. The minimum Gasteiger partial charge on any atom is -0.463 e. The average Bonchev–Trinajstić information content (AvgIpc) is 2.79. The van der Waals surface area contributed by atoms with Crippen LogP contribution in [0.3, 0.4) is 0 Å². The average molecular weight is 429 g/mol. The Morgan fingerprint density at radius 3 is 2.63 bits per heavy atom. The zero-order valence-electron chi connectivity index (χ0n) is 17.5. The van der Waals surface area contributed by atoms with Gasteiger partial charge in [-0.3, -0.25) is 4.79 Å². The number of carbonyl (C=O) groups is 1. The van der Waals surface area contributed by atoms with Crippen molar-refractivity contribution in [1.82, 2.24) is 10.3 Å². The summed E-state index contributed by atoms with van der Waals surface area (Å²) in [5.74, 6) is 0.861. The fourth-order valence-corrected chi connectivity index (χ4v) is 3.66. The van der Waals surface area contributed by atoms with Crippen LogP contribution >= 0.6 is 12.6 Å². The van der Waals surface area contributed by atoms with Gasteiger partial charge in [0.05, 0.1) is 11.4 Å². The van der Waals surface area contributed by atoms with Gasteiger partial charge in [0.25, 0.3) is 5.91 Å². The van der Waals surface area contributed by atoms with Crippen LogP contribution in [0.2, 0.25) is 0 Å². The molecule has 0 spiro atoms. The molecule has 30 heavy (non-hydrogen) atoms. The van der Waals surface area contributed by atoms with Crippen LogP contribution in [0.4, 0.5) is 5.69 Å². The molecule has 1 unspecified atom stereocenters. The van der Waals surface area contributed by atoms with E-state index < -0.39 is 6.10 Å². The summed E-state index contributed by atoms with van der Waals surface area (Å²) in [5.41, 5.74) is 8.47. The molecule has 1 aliphatic rings. The van der Waals surface area contributed by atoms with Crippen molar-refractivity contribution in [2.24, 2.45) is 5.73 Å². The molecule has 7 heteroatoms. The van der Waals surface area contributed by atoms with Crippen LogP contribution < -0.4 is 21.1 Å². The molecular weight excluding hydrogens is 396 g/mol. The number of carbonyl (C=O) groups excluding carboxylic acids is 1. The zero-order valence-corrected chi connectivity index (χ0v) is 18.4. The Balaban J connectivity index is 1.75. The molecule has 0 aliphatic heterocycles. The number of nitrogens with one attached hydrogen (secondary N) is 2. The lowest BCUT2D eigenvalue weighted by Gasteiger charge is -2.25. The number of nitrogens with two attached hydrogens (primary N) is 1. The summed E-state index contributed by atoms with van der Waals surface area (Å²) in [6.07, 6.45) is 5.01. The molecule has 2 atom stereocenters. The maximum atomic E-state index is 12.7. The van der Waals surface area contributed by atoms with E-state index in [2.05, 4.69) is 23.3 Å². The van der Waals surface area contributed by atoms with E-state index in [9.17, 15) is 4.79 Å². The molecule has 1 aromatic carbocycles. The summed E-state index contributed by atoms with van der Waals surface area (Å²) >= 11 is 4.23. The zero-order chi connectivity index (χ0) is 21.3. The maximum Gasteiger partial charge on any atom is 0.261 e. The second-order valence-electron chi connectivity index (χ2n) is 7.84. The largest absolute Gasteiger partial charge is 0.463 e. The van der Waals surface area contributed by atoms with Gasteiger partial charge in [-0.05, 0) is 31.9 Å². The van der Waals surface area contributed by atoms with E-state index in [1.165, 1.54) is 19.3 Å². The molecule has 1 saturated carbocycles. The molecule has 4 N–H and O–H groups in total. The predicted octanol–water partition coefficient (Wildman–Crippen LogP) is 3.63. The van der Waals surface area contributed by atoms with Gasteiger partial charge in [0, 0.05) is 29.9 Å². The van der Waals surface area contributed by atoms with E-state index >= 15 is 0 Å². The molecule has 0 bridgehead atoms. The second kappa shape index (κ2) is 11.2. The van der Waals surface area contributed by atoms with Gasteiger partial charge in [-0.25, -0.2) is 4.98 Å². The quantitative estimate of drug-likeness (QED) is 0.458. The summed E-state index contributed by atoms with van der Waals surface area (Å²) in [6.45, 7) is 2.30. The van der Waals surface area contributed by atoms with E-state index in [0.29, 0.717) is 23.9 Å². The number of pyridine rings is 1. The van der Waals surface area contributed by atoms with Crippen LogP contribution in [-0.4, -0.2) is 41.4 Å². The first-order valence-electron chi connectivity index (χ1n) is 10.7. The standard InChI is InChI=1S/C23H32N4O2S/c1-16(22(28)26-19-10-6-3-7-11-19)29-23-21(25-14-18(24)15-30)13-12-20(27-23)17-8-4-2-5-9-17/h2,4-5,8-9,12-13,16,18-19,25,30H,3,6-7,10-11,14-15,24H2,1H3,(H,26,28)/t16-,18?/m1/s1. The van der Waals surface area contributed by atoms with Crippen molar-refractivity contribution in [2.45, 2.75) is 57.2 Å². The molecule has 0 saturated heterocycles. The number of aromatic nitrogens is 1. The lowest BCUT2D eigenvalue weighted by atomic mass is 9.95. The normalized spacial score (nSPS) is 16.5. The lowest BCUT2D eigenvalue weighted by Crippen LogP contribution is -2.43. The highest BCUT2D eigenvalue weighted by Gasteiger charge is 2.22. The first-order chi connectivity index (χ1) is 14.6. The molecule has 1 aliphatic carbocycles. The fourth-order valence-electron chi connectivity index (χ4n) is 3.53. The summed E-state index contributed by atoms with van der Waals surface area (Å²) < 4.78 is 6.03. The molecule has 1 amide bonds. The fraction of sp³-hybridized carbons (Fsp3) is 0.478. The molecule has 2 aromatic rings. The van der Waals surface area contributed by atoms with E-state index in [0.717, 1.165) is 24.1 Å².